The summed E-state index contributed by atoms with van der Waals surface area (Å²) in [5.41, 5.74) is 4.41. The van der Waals surface area contributed by atoms with Gasteiger partial charge in [0.05, 0.1) is 22.0 Å². The molecule has 56 heavy (non-hydrogen) atoms. The predicted molar refractivity (Wildman–Crippen MR) is 212 cm³/mol. The van der Waals surface area contributed by atoms with Crippen molar-refractivity contribution >= 4 is 52.1 Å². The van der Waals surface area contributed by atoms with Crippen LogP contribution in [0.4, 0.5) is 31.5 Å². The van der Waals surface area contributed by atoms with Gasteiger partial charge in [-0.1, -0.05) is 11.6 Å². The molecule has 0 spiro atoms. The van der Waals surface area contributed by atoms with Gasteiger partial charge in [0.25, 0.3) is 5.91 Å². The van der Waals surface area contributed by atoms with Crippen molar-refractivity contribution in [3.8, 4) is 6.07 Å². The zero-order chi connectivity index (χ0) is 39.2. The van der Waals surface area contributed by atoms with Crippen molar-refractivity contribution in [2.45, 2.75) is 64.2 Å². The van der Waals surface area contributed by atoms with E-state index in [0.29, 0.717) is 46.5 Å². The van der Waals surface area contributed by atoms with Crippen LogP contribution < -0.4 is 24.9 Å². The number of halogens is 3. The Bertz CT molecular complexity index is 2080. The third-order valence-electron chi connectivity index (χ3n) is 12.4. The second-order valence-corrected chi connectivity index (χ2v) is 16.4. The van der Waals surface area contributed by atoms with Crippen LogP contribution in [-0.2, 0) is 16.1 Å². The van der Waals surface area contributed by atoms with Crippen LogP contribution in [-0.4, -0.2) is 105 Å². The van der Waals surface area contributed by atoms with Crippen molar-refractivity contribution in [3.63, 3.8) is 0 Å². The largest absolute Gasteiger partial charge is 0.369 e. The van der Waals surface area contributed by atoms with Gasteiger partial charge >= 0.3 is 0 Å². The van der Waals surface area contributed by atoms with E-state index in [9.17, 15) is 19.6 Å². The van der Waals surface area contributed by atoms with Crippen LogP contribution in [0.15, 0.2) is 48.5 Å². The maximum Gasteiger partial charge on any atom is 0.255 e. The van der Waals surface area contributed by atoms with Gasteiger partial charge in [0.15, 0.2) is 0 Å². The van der Waals surface area contributed by atoms with E-state index in [-0.39, 0.29) is 54.7 Å². The average Bonchev–Trinajstić information content (AvgIpc) is 3.50. The summed E-state index contributed by atoms with van der Waals surface area (Å²) >= 11 is 6.33. The van der Waals surface area contributed by atoms with Crippen LogP contribution in [0.5, 0.6) is 0 Å². The van der Waals surface area contributed by atoms with Crippen molar-refractivity contribution in [2.75, 3.05) is 78.5 Å². The summed E-state index contributed by atoms with van der Waals surface area (Å²) in [4.78, 5) is 49.8. The monoisotopic (exact) mass is 784 g/mol. The van der Waals surface area contributed by atoms with E-state index in [1.165, 1.54) is 11.0 Å². The Morgan fingerprint density at radius 3 is 2.07 bits per heavy atom. The smallest absolute Gasteiger partial charge is 0.255 e. The van der Waals surface area contributed by atoms with Crippen LogP contribution in [0, 0.1) is 28.9 Å². The Hall–Kier alpha value is -4.93. The zero-order valence-corrected chi connectivity index (χ0v) is 32.6. The lowest BCUT2D eigenvalue weighted by Crippen LogP contribution is -2.56. The minimum Gasteiger partial charge on any atom is -0.369 e. The van der Waals surface area contributed by atoms with Crippen molar-refractivity contribution in [1.29, 1.82) is 5.26 Å². The number of rotatable bonds is 7. The Morgan fingerprint density at radius 1 is 0.786 bits per heavy atom. The molecule has 3 aromatic rings. The fourth-order valence-electron chi connectivity index (χ4n) is 9.26. The summed E-state index contributed by atoms with van der Waals surface area (Å²) < 4.78 is 31.2. The van der Waals surface area contributed by atoms with E-state index in [2.05, 4.69) is 44.8 Å². The topological polar surface area (TPSA) is 106 Å². The minimum absolute atomic E-state index is 0.138. The number of hydrogen-bond acceptors (Lipinski definition) is 9. The molecule has 0 radical (unpaired) electrons. The molecule has 0 unspecified atom stereocenters. The number of carbonyl (C=O) groups excluding carboxylic acids is 3. The van der Waals surface area contributed by atoms with Crippen molar-refractivity contribution in [3.05, 3.63) is 81.9 Å². The van der Waals surface area contributed by atoms with Gasteiger partial charge < -0.3 is 24.5 Å². The highest BCUT2D eigenvalue weighted by Crippen LogP contribution is 2.35. The number of piperidine rings is 2. The number of nitrogens with zero attached hydrogens (tertiary/aromatic N) is 7. The molecule has 3 amide bonds. The second-order valence-electron chi connectivity index (χ2n) is 16.0. The highest BCUT2D eigenvalue weighted by molar-refractivity contribution is 6.32. The Balaban J connectivity index is 0.817. The molecule has 0 bridgehead atoms. The molecule has 294 valence electrons. The van der Waals surface area contributed by atoms with Crippen molar-refractivity contribution in [1.82, 2.24) is 15.1 Å². The lowest BCUT2D eigenvalue weighted by molar-refractivity contribution is -0.136. The number of benzene rings is 3. The molecule has 3 aromatic carbocycles. The second kappa shape index (κ2) is 15.5. The number of carbonyl (C=O) groups is 3. The minimum atomic E-state index is -0.733. The van der Waals surface area contributed by atoms with Gasteiger partial charge in [-0.3, -0.25) is 24.6 Å². The highest BCUT2D eigenvalue weighted by Gasteiger charge is 2.40. The quantitative estimate of drug-likeness (QED) is 0.316. The van der Waals surface area contributed by atoms with Crippen LogP contribution in [0.2, 0.25) is 5.02 Å². The first-order valence-corrected chi connectivity index (χ1v) is 20.1. The average molecular weight is 785 g/mol. The number of imide groups is 1. The Kier molecular flexibility index (Phi) is 10.5. The van der Waals surface area contributed by atoms with E-state index in [1.54, 1.807) is 18.2 Å². The molecular formula is C42H47ClF2N8O3. The maximum atomic E-state index is 15.8. The lowest BCUT2D eigenvalue weighted by Gasteiger charge is -2.46. The van der Waals surface area contributed by atoms with Crippen LogP contribution in [0.1, 0.15) is 61.0 Å². The number of nitrogens with one attached hydrogen (secondary N) is 1. The SMILES string of the molecule is C[C@@H]1CN(c2ccc(C#N)c(Cl)c2)[C@@H](C)CN1c1ccc(N2CCC(CN3CCN(c4cc5c(cc4F)C(=O)N([C@H]4CCC(=O)NC4=O)C5)CC3)CC2)c(F)c1. The van der Waals surface area contributed by atoms with Gasteiger partial charge in [0, 0.05) is 101 Å². The van der Waals surface area contributed by atoms with E-state index >= 15 is 8.78 Å². The maximum absolute atomic E-state index is 15.8. The Labute approximate surface area is 331 Å². The van der Waals surface area contributed by atoms with Crippen LogP contribution in [0.25, 0.3) is 0 Å². The number of amides is 3. The summed E-state index contributed by atoms with van der Waals surface area (Å²) in [5, 5.41) is 12.0. The number of anilines is 4. The molecule has 11 nitrogen and oxygen atoms in total. The van der Waals surface area contributed by atoms with Crippen molar-refractivity contribution in [2.24, 2.45) is 5.92 Å². The molecule has 4 saturated heterocycles. The fourth-order valence-corrected chi connectivity index (χ4v) is 9.48. The molecular weight excluding hydrogens is 738 g/mol. The number of piperazine rings is 2. The summed E-state index contributed by atoms with van der Waals surface area (Å²) in [6.07, 6.45) is 2.37. The zero-order valence-electron chi connectivity index (χ0n) is 31.8. The number of hydrogen-bond donors (Lipinski definition) is 1. The molecule has 3 atom stereocenters. The molecule has 0 aliphatic carbocycles. The van der Waals surface area contributed by atoms with Crippen molar-refractivity contribution < 1.29 is 23.2 Å². The fraction of sp³-hybridized carbons (Fsp3) is 0.476. The molecule has 0 saturated carbocycles. The van der Waals surface area contributed by atoms with Crippen LogP contribution in [0.3, 0.4) is 0 Å². The summed E-state index contributed by atoms with van der Waals surface area (Å²) in [6.45, 7) is 11.4. The molecule has 14 heteroatoms. The molecule has 5 aliphatic heterocycles. The highest BCUT2D eigenvalue weighted by atomic mass is 35.5. The van der Waals surface area contributed by atoms with E-state index < -0.39 is 17.8 Å². The number of fused-ring (bicyclic) bond motifs is 1. The molecule has 1 N–H and O–H groups in total. The van der Waals surface area contributed by atoms with Crippen LogP contribution >= 0.6 is 11.6 Å². The predicted octanol–water partition coefficient (Wildman–Crippen LogP) is 5.39. The third kappa shape index (κ3) is 7.37. The molecule has 5 aliphatic rings. The first-order valence-electron chi connectivity index (χ1n) is 19.7. The number of nitriles is 1. The van der Waals surface area contributed by atoms with Gasteiger partial charge in [-0.25, -0.2) is 8.78 Å². The molecule has 0 aromatic heterocycles. The van der Waals surface area contributed by atoms with Gasteiger partial charge in [-0.05, 0) is 93.1 Å². The molecule has 5 heterocycles. The first kappa shape index (κ1) is 38.0. The normalized spacial score (nSPS) is 23.8. The van der Waals surface area contributed by atoms with E-state index in [1.807, 2.05) is 29.2 Å². The van der Waals surface area contributed by atoms with E-state index in [0.717, 1.165) is 70.0 Å². The van der Waals surface area contributed by atoms with Gasteiger partial charge in [0.1, 0.15) is 23.7 Å². The third-order valence-corrected chi connectivity index (χ3v) is 12.7. The van der Waals surface area contributed by atoms with Gasteiger partial charge in [-0.15, -0.1) is 0 Å². The summed E-state index contributed by atoms with van der Waals surface area (Å²) in [5.74, 6) is -1.35. The summed E-state index contributed by atoms with van der Waals surface area (Å²) in [6, 6.07) is 15.9. The standard InChI is InChI=1S/C42H47ClF2N8O3/c1-26-23-52(27(2)22-51(26)31-4-3-29(21-46)34(43)18-31)32-5-6-37(35(44)19-32)49-11-9-28(10-12-49)24-48-13-15-50(16-14-48)39-17-30-25-53(42(56)33(30)20-36(39)45)38-7-8-40(54)47-41(38)55/h3-6,17-20,26-28,38H,7-16,22-25H2,1-2H3,(H,47,54,55)/t26-,27+,38-/m0/s1. The lowest BCUT2D eigenvalue weighted by atomic mass is 9.95. The summed E-state index contributed by atoms with van der Waals surface area (Å²) in [7, 11) is 0. The van der Waals surface area contributed by atoms with Gasteiger partial charge in [0.2, 0.25) is 11.8 Å². The Morgan fingerprint density at radius 2 is 1.43 bits per heavy atom. The molecule has 4 fully saturated rings. The van der Waals surface area contributed by atoms with E-state index in [4.69, 9.17) is 11.6 Å². The molecule has 8 rings (SSSR count). The first-order chi connectivity index (χ1) is 27.0. The van der Waals surface area contributed by atoms with Gasteiger partial charge in [-0.2, -0.15) is 5.26 Å².